The summed E-state index contributed by atoms with van der Waals surface area (Å²) in [6.07, 6.45) is 8.85. The summed E-state index contributed by atoms with van der Waals surface area (Å²) in [7, 11) is 3.25. The Labute approximate surface area is 158 Å². The fraction of sp³-hybridized carbons (Fsp3) is 0.722. The first-order valence-electron chi connectivity index (χ1n) is 9.41. The Bertz CT molecular complexity index is 809. The van der Waals surface area contributed by atoms with Crippen molar-refractivity contribution < 1.29 is 4.74 Å². The van der Waals surface area contributed by atoms with Crippen LogP contribution in [0.15, 0.2) is 14.7 Å². The second-order valence-electron chi connectivity index (χ2n) is 6.50. The highest BCUT2D eigenvalue weighted by Crippen LogP contribution is 2.23. The van der Waals surface area contributed by atoms with Gasteiger partial charge in [0, 0.05) is 26.5 Å². The number of unbranched alkanes of at least 4 members (excludes halogenated alkanes) is 6. The topological polar surface area (TPSA) is 81.9 Å². The number of imidazole rings is 1. The van der Waals surface area contributed by atoms with Crippen LogP contribution in [0.2, 0.25) is 0 Å². The van der Waals surface area contributed by atoms with Crippen LogP contribution < -0.4 is 11.2 Å². The lowest BCUT2D eigenvalue weighted by Gasteiger charge is -2.07. The molecule has 26 heavy (non-hydrogen) atoms. The van der Waals surface area contributed by atoms with Gasteiger partial charge in [-0.15, -0.1) is 0 Å². The number of nitrogens with one attached hydrogen (secondary N) is 1. The largest absolute Gasteiger partial charge is 0.383 e. The molecule has 2 rings (SSSR count). The molecule has 0 aliphatic carbocycles. The van der Waals surface area contributed by atoms with Gasteiger partial charge in [0.25, 0.3) is 5.56 Å². The molecule has 7 nitrogen and oxygen atoms in total. The molecule has 0 radical (unpaired) electrons. The third kappa shape index (κ3) is 5.23. The lowest BCUT2D eigenvalue weighted by Crippen LogP contribution is -2.29. The highest BCUT2D eigenvalue weighted by molar-refractivity contribution is 7.99. The van der Waals surface area contributed by atoms with Crippen LogP contribution in [0.5, 0.6) is 0 Å². The van der Waals surface area contributed by atoms with Crippen LogP contribution in [0.4, 0.5) is 0 Å². The summed E-state index contributed by atoms with van der Waals surface area (Å²) in [6.45, 7) is 3.25. The van der Waals surface area contributed by atoms with Crippen LogP contribution in [0, 0.1) is 0 Å². The van der Waals surface area contributed by atoms with E-state index in [1.165, 1.54) is 43.1 Å². The minimum atomic E-state index is -0.442. The van der Waals surface area contributed by atoms with Gasteiger partial charge in [-0.2, -0.15) is 0 Å². The van der Waals surface area contributed by atoms with Crippen LogP contribution >= 0.6 is 11.8 Å². The fourth-order valence-corrected chi connectivity index (χ4v) is 3.96. The first-order chi connectivity index (χ1) is 12.6. The average molecular weight is 383 g/mol. The Hall–Kier alpha value is -1.54. The maximum atomic E-state index is 12.3. The van der Waals surface area contributed by atoms with E-state index in [9.17, 15) is 9.59 Å². The minimum absolute atomic E-state index is 0.394. The number of H-pyrrole nitrogens is 1. The first-order valence-corrected chi connectivity index (χ1v) is 10.4. The number of fused-ring (bicyclic) bond motifs is 1. The number of hydrogen-bond donors (Lipinski definition) is 1. The molecule has 0 fully saturated rings. The van der Waals surface area contributed by atoms with Gasteiger partial charge in [-0.3, -0.25) is 14.3 Å². The summed E-state index contributed by atoms with van der Waals surface area (Å²) in [4.78, 5) is 31.0. The van der Waals surface area contributed by atoms with Crippen LogP contribution in [-0.4, -0.2) is 38.6 Å². The second kappa shape index (κ2) is 10.6. The number of hydrogen-bond acceptors (Lipinski definition) is 5. The van der Waals surface area contributed by atoms with Gasteiger partial charge < -0.3 is 9.30 Å². The Morgan fingerprint density at radius 2 is 1.81 bits per heavy atom. The van der Waals surface area contributed by atoms with Crippen LogP contribution in [0.3, 0.4) is 0 Å². The molecule has 2 heterocycles. The van der Waals surface area contributed by atoms with Crippen molar-refractivity contribution in [2.75, 3.05) is 19.5 Å². The molecule has 0 unspecified atom stereocenters. The SMILES string of the molecule is CCCCCCCCCSc1nc2c(c(=O)[nH]c(=O)n2C)n1CCOC. The van der Waals surface area contributed by atoms with E-state index < -0.39 is 11.2 Å². The molecule has 0 bridgehead atoms. The zero-order chi connectivity index (χ0) is 18.9. The Kier molecular flexibility index (Phi) is 8.44. The van der Waals surface area contributed by atoms with Gasteiger partial charge in [0.2, 0.25) is 0 Å². The molecule has 0 aromatic carbocycles. The molecule has 2 aromatic rings. The van der Waals surface area contributed by atoms with Crippen molar-refractivity contribution in [2.45, 2.75) is 63.6 Å². The van der Waals surface area contributed by atoms with E-state index in [-0.39, 0.29) is 0 Å². The van der Waals surface area contributed by atoms with Gasteiger partial charge in [0.05, 0.1) is 6.61 Å². The number of ether oxygens (including phenoxy) is 1. The first kappa shape index (κ1) is 20.8. The third-order valence-corrected chi connectivity index (χ3v) is 5.53. The molecule has 0 saturated heterocycles. The molecular formula is C18H30N4O3S. The van der Waals surface area contributed by atoms with Crippen LogP contribution in [0.1, 0.15) is 51.9 Å². The van der Waals surface area contributed by atoms with E-state index in [2.05, 4.69) is 16.9 Å². The van der Waals surface area contributed by atoms with Gasteiger partial charge >= 0.3 is 5.69 Å². The number of methoxy groups -OCH3 is 1. The summed E-state index contributed by atoms with van der Waals surface area (Å²) in [5.74, 6) is 0.954. The van der Waals surface area contributed by atoms with Crippen molar-refractivity contribution in [3.05, 3.63) is 20.8 Å². The molecule has 146 valence electrons. The number of aryl methyl sites for hydroxylation is 1. The Balaban J connectivity index is 2.06. The van der Waals surface area contributed by atoms with E-state index in [0.29, 0.717) is 24.3 Å². The summed E-state index contributed by atoms with van der Waals surface area (Å²) in [5.41, 5.74) is 0.0279. The van der Waals surface area contributed by atoms with Crippen molar-refractivity contribution in [3.8, 4) is 0 Å². The summed E-state index contributed by atoms with van der Waals surface area (Å²) in [5, 5.41) is 0.773. The quantitative estimate of drug-likeness (QED) is 0.451. The Morgan fingerprint density at radius 1 is 1.12 bits per heavy atom. The maximum absolute atomic E-state index is 12.3. The van der Waals surface area contributed by atoms with Crippen molar-refractivity contribution in [2.24, 2.45) is 7.05 Å². The molecular weight excluding hydrogens is 352 g/mol. The zero-order valence-corrected chi connectivity index (χ0v) is 16.9. The van der Waals surface area contributed by atoms with E-state index in [4.69, 9.17) is 4.74 Å². The number of rotatable bonds is 12. The zero-order valence-electron chi connectivity index (χ0n) is 16.0. The molecule has 0 amide bonds. The number of aromatic amines is 1. The van der Waals surface area contributed by atoms with E-state index in [0.717, 1.165) is 17.3 Å². The fourth-order valence-electron chi connectivity index (χ4n) is 2.94. The smallest absolute Gasteiger partial charge is 0.329 e. The van der Waals surface area contributed by atoms with Gasteiger partial charge in [-0.25, -0.2) is 9.78 Å². The van der Waals surface area contributed by atoms with E-state index in [1.54, 1.807) is 25.9 Å². The minimum Gasteiger partial charge on any atom is -0.383 e. The number of aromatic nitrogens is 4. The third-order valence-electron chi connectivity index (χ3n) is 4.47. The molecule has 8 heteroatoms. The van der Waals surface area contributed by atoms with Gasteiger partial charge in [-0.1, -0.05) is 57.2 Å². The van der Waals surface area contributed by atoms with Crippen molar-refractivity contribution in [1.29, 1.82) is 0 Å². The summed E-state index contributed by atoms with van der Waals surface area (Å²) in [6, 6.07) is 0. The summed E-state index contributed by atoms with van der Waals surface area (Å²) >= 11 is 1.64. The van der Waals surface area contributed by atoms with E-state index in [1.807, 2.05) is 4.57 Å². The monoisotopic (exact) mass is 382 g/mol. The standard InChI is InChI=1S/C18H30N4O3S/c1-4-5-6-7-8-9-10-13-26-18-19-15-14(22(18)11-12-25-3)16(23)20-17(24)21(15)2/h4-13H2,1-3H3,(H,20,23,24). The molecule has 0 aliphatic heterocycles. The molecule has 0 atom stereocenters. The molecule has 2 aromatic heterocycles. The van der Waals surface area contributed by atoms with Gasteiger partial charge in [0.1, 0.15) is 0 Å². The van der Waals surface area contributed by atoms with Crippen molar-refractivity contribution in [3.63, 3.8) is 0 Å². The highest BCUT2D eigenvalue weighted by atomic mass is 32.2. The van der Waals surface area contributed by atoms with Gasteiger partial charge in [0.15, 0.2) is 16.3 Å². The maximum Gasteiger partial charge on any atom is 0.329 e. The lowest BCUT2D eigenvalue weighted by atomic mass is 10.1. The molecule has 0 saturated carbocycles. The van der Waals surface area contributed by atoms with Gasteiger partial charge in [-0.05, 0) is 6.42 Å². The van der Waals surface area contributed by atoms with Crippen LogP contribution in [-0.2, 0) is 18.3 Å². The normalized spacial score (nSPS) is 11.5. The predicted molar refractivity (Wildman–Crippen MR) is 106 cm³/mol. The molecule has 0 aliphatic rings. The molecule has 0 spiro atoms. The number of nitrogens with zero attached hydrogens (tertiary/aromatic N) is 3. The highest BCUT2D eigenvalue weighted by Gasteiger charge is 2.17. The molecule has 1 N–H and O–H groups in total. The predicted octanol–water partition coefficient (Wildman–Crippen LogP) is 2.91. The van der Waals surface area contributed by atoms with Crippen molar-refractivity contribution >= 4 is 22.9 Å². The lowest BCUT2D eigenvalue weighted by molar-refractivity contribution is 0.186. The second-order valence-corrected chi connectivity index (χ2v) is 7.56. The summed E-state index contributed by atoms with van der Waals surface area (Å²) < 4.78 is 8.41. The van der Waals surface area contributed by atoms with Crippen molar-refractivity contribution in [1.82, 2.24) is 19.1 Å². The van der Waals surface area contributed by atoms with E-state index >= 15 is 0 Å². The Morgan fingerprint density at radius 3 is 2.50 bits per heavy atom. The van der Waals surface area contributed by atoms with Crippen LogP contribution in [0.25, 0.3) is 11.2 Å². The average Bonchev–Trinajstić information content (AvgIpc) is 2.99. The number of thioether (sulfide) groups is 1.